The third-order valence-corrected chi connectivity index (χ3v) is 4.41. The minimum atomic E-state index is -0.456. The Kier molecular flexibility index (Phi) is 2.94. The lowest BCUT2D eigenvalue weighted by Gasteiger charge is -2.17. The van der Waals surface area contributed by atoms with Gasteiger partial charge >= 0.3 is 0 Å². The number of aliphatic hydroxyl groups is 1. The number of aliphatic hydroxyl groups excluding tert-OH is 1. The average molecular weight is 295 g/mol. The van der Waals surface area contributed by atoms with Crippen LogP contribution in [0.5, 0.6) is 0 Å². The molecule has 4 heteroatoms. The predicted octanol–water partition coefficient (Wildman–Crippen LogP) is 2.69. The minimum Gasteiger partial charge on any atom is -0.387 e. The van der Waals surface area contributed by atoms with E-state index in [0.29, 0.717) is 0 Å². The van der Waals surface area contributed by atoms with Crippen molar-refractivity contribution >= 4 is 11.3 Å². The van der Waals surface area contributed by atoms with Gasteiger partial charge in [0, 0.05) is 17.3 Å². The van der Waals surface area contributed by atoms with Gasteiger partial charge in [-0.2, -0.15) is 4.58 Å². The number of benzene rings is 1. The Labute approximate surface area is 128 Å². The summed E-state index contributed by atoms with van der Waals surface area (Å²) in [5.74, 6) is -0.232. The minimum absolute atomic E-state index is 0.232. The van der Waals surface area contributed by atoms with E-state index in [1.54, 1.807) is 18.3 Å². The first-order chi connectivity index (χ1) is 10.6. The molecule has 0 fully saturated rings. The first-order valence-corrected chi connectivity index (χ1v) is 7.39. The van der Waals surface area contributed by atoms with E-state index in [9.17, 15) is 9.50 Å². The van der Waals surface area contributed by atoms with Crippen LogP contribution in [0.25, 0.3) is 5.57 Å². The lowest BCUT2D eigenvalue weighted by atomic mass is 9.90. The van der Waals surface area contributed by atoms with E-state index in [0.717, 1.165) is 46.5 Å². The maximum absolute atomic E-state index is 13.1. The van der Waals surface area contributed by atoms with Gasteiger partial charge in [0.05, 0.1) is 11.8 Å². The van der Waals surface area contributed by atoms with Crippen LogP contribution in [0.3, 0.4) is 0 Å². The van der Waals surface area contributed by atoms with Crippen LogP contribution in [0.1, 0.15) is 34.9 Å². The van der Waals surface area contributed by atoms with Gasteiger partial charge in [0.2, 0.25) is 5.71 Å². The summed E-state index contributed by atoms with van der Waals surface area (Å²) >= 11 is 0. The fourth-order valence-electron chi connectivity index (χ4n) is 3.34. The molecule has 0 bridgehead atoms. The van der Waals surface area contributed by atoms with Crippen molar-refractivity contribution in [3.05, 3.63) is 70.9 Å². The van der Waals surface area contributed by atoms with Gasteiger partial charge < -0.3 is 5.11 Å². The van der Waals surface area contributed by atoms with Crippen molar-refractivity contribution in [2.45, 2.75) is 18.9 Å². The van der Waals surface area contributed by atoms with Gasteiger partial charge in [-0.25, -0.2) is 4.39 Å². The highest BCUT2D eigenvalue weighted by atomic mass is 19.1. The summed E-state index contributed by atoms with van der Waals surface area (Å²) in [6.07, 6.45) is 4.94. The monoisotopic (exact) mass is 295 g/mol. The van der Waals surface area contributed by atoms with Crippen molar-refractivity contribution in [3.8, 4) is 0 Å². The third kappa shape index (κ3) is 1.91. The topological polar surface area (TPSA) is 36.1 Å². The van der Waals surface area contributed by atoms with Crippen molar-refractivity contribution < 1.29 is 14.1 Å². The molecule has 2 heterocycles. The van der Waals surface area contributed by atoms with Crippen LogP contribution in [0.4, 0.5) is 4.39 Å². The quantitative estimate of drug-likeness (QED) is 0.865. The molecule has 1 aromatic carbocycles. The molecule has 1 N–H and O–H groups in total. The molecule has 1 aromatic heterocycles. The van der Waals surface area contributed by atoms with E-state index in [1.807, 2.05) is 17.7 Å². The Morgan fingerprint density at radius 3 is 2.73 bits per heavy atom. The molecule has 3 nitrogen and oxygen atoms in total. The summed E-state index contributed by atoms with van der Waals surface area (Å²) in [5, 5.41) is 10.0. The first-order valence-electron chi connectivity index (χ1n) is 7.39. The average Bonchev–Trinajstić information content (AvgIpc) is 2.89. The van der Waals surface area contributed by atoms with E-state index in [4.69, 9.17) is 0 Å². The van der Waals surface area contributed by atoms with E-state index in [1.165, 1.54) is 12.1 Å². The number of fused-ring (bicyclic) bond motifs is 1. The second kappa shape index (κ2) is 4.85. The SMILES string of the molecule is C[N+]1=C(c2ccc(F)cc2)C(c2ccnc3c2CCC3O)=C1. The summed E-state index contributed by atoms with van der Waals surface area (Å²) < 4.78 is 15.2. The smallest absolute Gasteiger partial charge is 0.226 e. The molecule has 0 saturated carbocycles. The van der Waals surface area contributed by atoms with E-state index in [-0.39, 0.29) is 5.82 Å². The maximum Gasteiger partial charge on any atom is 0.226 e. The molecular weight excluding hydrogens is 279 g/mol. The number of rotatable bonds is 2. The fraction of sp³-hybridized carbons (Fsp3) is 0.222. The van der Waals surface area contributed by atoms with E-state index >= 15 is 0 Å². The molecule has 1 aliphatic carbocycles. The van der Waals surface area contributed by atoms with Crippen LogP contribution in [0.15, 0.2) is 42.7 Å². The lowest BCUT2D eigenvalue weighted by Crippen LogP contribution is -2.25. The molecule has 1 aliphatic heterocycles. The first kappa shape index (κ1) is 13.3. The Hall–Kier alpha value is -2.33. The number of nitrogens with zero attached hydrogens (tertiary/aromatic N) is 2. The lowest BCUT2D eigenvalue weighted by molar-refractivity contribution is -0.428. The number of aromatic nitrogens is 1. The van der Waals surface area contributed by atoms with Crippen LogP contribution < -0.4 is 0 Å². The molecule has 2 aliphatic rings. The van der Waals surface area contributed by atoms with Gasteiger partial charge in [-0.3, -0.25) is 4.98 Å². The summed E-state index contributed by atoms with van der Waals surface area (Å²) in [5.41, 5.74) is 6.25. The molecule has 22 heavy (non-hydrogen) atoms. The Morgan fingerprint density at radius 1 is 1.23 bits per heavy atom. The molecule has 0 radical (unpaired) electrons. The molecular formula is C18H16FN2O+. The highest BCUT2D eigenvalue weighted by Crippen LogP contribution is 2.37. The maximum atomic E-state index is 13.1. The van der Waals surface area contributed by atoms with Gasteiger partial charge in [0.25, 0.3) is 0 Å². The number of halogens is 1. The molecule has 110 valence electrons. The fourth-order valence-corrected chi connectivity index (χ4v) is 3.34. The van der Waals surface area contributed by atoms with Gasteiger partial charge in [0.15, 0.2) is 6.20 Å². The Balaban J connectivity index is 1.76. The number of hydrogen-bond acceptors (Lipinski definition) is 2. The van der Waals surface area contributed by atoms with Gasteiger partial charge in [-0.05, 0) is 48.7 Å². The van der Waals surface area contributed by atoms with E-state index in [2.05, 4.69) is 11.2 Å². The molecule has 0 saturated heterocycles. The van der Waals surface area contributed by atoms with Crippen LogP contribution in [-0.2, 0) is 6.42 Å². The van der Waals surface area contributed by atoms with Crippen molar-refractivity contribution in [1.29, 1.82) is 0 Å². The number of hydrogen-bond donors (Lipinski definition) is 1. The van der Waals surface area contributed by atoms with Gasteiger partial charge in [-0.1, -0.05) is 0 Å². The largest absolute Gasteiger partial charge is 0.387 e. The molecule has 4 rings (SSSR count). The highest BCUT2D eigenvalue weighted by molar-refractivity contribution is 6.31. The highest BCUT2D eigenvalue weighted by Gasteiger charge is 2.34. The zero-order valence-electron chi connectivity index (χ0n) is 12.3. The molecule has 2 aromatic rings. The molecule has 1 atom stereocenters. The molecule has 0 amide bonds. The second-order valence-electron chi connectivity index (χ2n) is 5.79. The van der Waals surface area contributed by atoms with Crippen LogP contribution in [-0.4, -0.2) is 27.4 Å². The zero-order valence-corrected chi connectivity index (χ0v) is 12.3. The Bertz CT molecular complexity index is 821. The Morgan fingerprint density at radius 2 is 2.00 bits per heavy atom. The predicted molar refractivity (Wildman–Crippen MR) is 82.2 cm³/mol. The van der Waals surface area contributed by atoms with Gasteiger partial charge in [0.1, 0.15) is 18.4 Å². The summed E-state index contributed by atoms with van der Waals surface area (Å²) in [7, 11) is 1.98. The van der Waals surface area contributed by atoms with E-state index < -0.39 is 6.10 Å². The third-order valence-electron chi connectivity index (χ3n) is 4.41. The molecule has 1 unspecified atom stereocenters. The van der Waals surface area contributed by atoms with Crippen molar-refractivity contribution in [1.82, 2.24) is 4.98 Å². The zero-order chi connectivity index (χ0) is 15.3. The standard InChI is InChI=1S/C18H16FN2O/c1-21-10-15(18(21)11-2-4-12(19)5-3-11)13-8-9-20-17-14(13)6-7-16(17)22/h2-5,8-10,16,22H,6-7H2,1H3/q+1. The van der Waals surface area contributed by atoms with Crippen LogP contribution in [0, 0.1) is 5.82 Å². The summed E-state index contributed by atoms with van der Waals surface area (Å²) in [6, 6.07) is 8.55. The number of pyridine rings is 1. The van der Waals surface area contributed by atoms with Crippen LogP contribution >= 0.6 is 0 Å². The van der Waals surface area contributed by atoms with Crippen LogP contribution in [0.2, 0.25) is 0 Å². The summed E-state index contributed by atoms with van der Waals surface area (Å²) in [6.45, 7) is 0. The van der Waals surface area contributed by atoms with Crippen molar-refractivity contribution in [2.24, 2.45) is 0 Å². The number of allylic oxidation sites excluding steroid dienone is 1. The van der Waals surface area contributed by atoms with Crippen molar-refractivity contribution in [2.75, 3.05) is 7.05 Å². The normalized spacial score (nSPS) is 19.8. The second-order valence-corrected chi connectivity index (χ2v) is 5.79. The van der Waals surface area contributed by atoms with Crippen molar-refractivity contribution in [3.63, 3.8) is 0 Å². The molecule has 0 spiro atoms. The van der Waals surface area contributed by atoms with Gasteiger partial charge in [-0.15, -0.1) is 0 Å². The summed E-state index contributed by atoms with van der Waals surface area (Å²) in [4.78, 5) is 4.32.